The van der Waals surface area contributed by atoms with Crippen LogP contribution in [0.1, 0.15) is 19.3 Å². The molecule has 0 saturated carbocycles. The fourth-order valence-electron chi connectivity index (χ4n) is 1.15. The molecule has 5 N–H and O–H groups in total. The van der Waals surface area contributed by atoms with Crippen molar-refractivity contribution in [1.29, 1.82) is 0 Å². The summed E-state index contributed by atoms with van der Waals surface area (Å²) in [5, 5.41) is 8.56. The average molecular weight is 220 g/mol. The third kappa shape index (κ3) is 5.14. The van der Waals surface area contributed by atoms with Gasteiger partial charge in [0.25, 0.3) is 0 Å². The zero-order chi connectivity index (χ0) is 11.1. The van der Waals surface area contributed by atoms with Crippen LogP contribution in [0.15, 0.2) is 0 Å². The lowest BCUT2D eigenvalue weighted by Crippen LogP contribution is -2.36. The molecule has 1 amide bonds. The molecule has 0 radical (unpaired) electrons. The highest BCUT2D eigenvalue weighted by atomic mass is 31.0. The zero-order valence-corrected chi connectivity index (χ0v) is 9.13. The molecule has 14 heavy (non-hydrogen) atoms. The zero-order valence-electron chi connectivity index (χ0n) is 7.98. The average Bonchev–Trinajstić information content (AvgIpc) is 2.10. The molecule has 3 unspecified atom stereocenters. The number of nitrogens with two attached hydrogens (primary N) is 2. The predicted octanol–water partition coefficient (Wildman–Crippen LogP) is -0.455. The van der Waals surface area contributed by atoms with E-state index in [1.54, 1.807) is 0 Å². The van der Waals surface area contributed by atoms with Crippen LogP contribution in [0.3, 0.4) is 0 Å². The van der Waals surface area contributed by atoms with Crippen molar-refractivity contribution in [3.8, 4) is 0 Å². The number of carboxylic acid groups (broad SMARTS) is 1. The van der Waals surface area contributed by atoms with Gasteiger partial charge in [0.2, 0.25) is 5.91 Å². The summed E-state index contributed by atoms with van der Waals surface area (Å²) in [5.74, 6) is -2.00. The van der Waals surface area contributed by atoms with E-state index in [4.69, 9.17) is 16.6 Å². The summed E-state index contributed by atoms with van der Waals surface area (Å²) >= 11 is 0. The van der Waals surface area contributed by atoms with Gasteiger partial charge in [0.15, 0.2) is 0 Å². The fraction of sp³-hybridized carbons (Fsp3) is 0.750. The molecule has 0 bridgehead atoms. The highest BCUT2D eigenvalue weighted by molar-refractivity contribution is 7.16. The highest BCUT2D eigenvalue weighted by Gasteiger charge is 2.22. The number of primary amides is 1. The van der Waals surface area contributed by atoms with E-state index in [-0.39, 0.29) is 6.42 Å². The maximum absolute atomic E-state index is 10.9. The first-order chi connectivity index (χ1) is 6.49. The highest BCUT2D eigenvalue weighted by Crippen LogP contribution is 2.13. The van der Waals surface area contributed by atoms with E-state index in [9.17, 15) is 9.59 Å². The van der Waals surface area contributed by atoms with Gasteiger partial charge in [0.1, 0.15) is 6.04 Å². The number of carbonyl (C=O) groups excluding carboxylic acids is 1. The van der Waals surface area contributed by atoms with E-state index in [1.165, 1.54) is 0 Å². The smallest absolute Gasteiger partial charge is 0.320 e. The lowest BCUT2D eigenvalue weighted by atomic mass is 9.95. The maximum Gasteiger partial charge on any atom is 0.320 e. The second-order valence-electron chi connectivity index (χ2n) is 3.21. The molecule has 6 heteroatoms. The standard InChI is InChI=1S/C8H17N2O3P/c9-6(8(12)13)4-5(7(10)11)2-1-3-14/h5-6H,1-4,9,14H2,(H2,10,11)(H,12,13). The molecular formula is C8H17N2O3P. The van der Waals surface area contributed by atoms with Crippen molar-refractivity contribution in [2.45, 2.75) is 25.3 Å². The predicted molar refractivity (Wildman–Crippen MR) is 56.7 cm³/mol. The number of hydrogen-bond donors (Lipinski definition) is 3. The van der Waals surface area contributed by atoms with Crippen LogP contribution >= 0.6 is 9.24 Å². The number of aliphatic carboxylic acids is 1. The van der Waals surface area contributed by atoms with E-state index in [2.05, 4.69) is 9.24 Å². The maximum atomic E-state index is 10.9. The largest absolute Gasteiger partial charge is 0.480 e. The van der Waals surface area contributed by atoms with E-state index in [0.29, 0.717) is 6.42 Å². The third-order valence-electron chi connectivity index (χ3n) is 2.01. The van der Waals surface area contributed by atoms with Crippen LogP contribution < -0.4 is 11.5 Å². The number of amides is 1. The van der Waals surface area contributed by atoms with Crippen LogP contribution in [-0.2, 0) is 9.59 Å². The fourth-order valence-corrected chi connectivity index (χ4v) is 1.38. The Labute approximate surface area is 85.4 Å². The van der Waals surface area contributed by atoms with Gasteiger partial charge in [-0.3, -0.25) is 9.59 Å². The molecule has 0 fully saturated rings. The van der Waals surface area contributed by atoms with E-state index >= 15 is 0 Å². The summed E-state index contributed by atoms with van der Waals surface area (Å²) in [7, 11) is 2.54. The van der Waals surface area contributed by atoms with Crippen molar-refractivity contribution >= 4 is 21.1 Å². The van der Waals surface area contributed by atoms with Crippen LogP contribution in [0.25, 0.3) is 0 Å². The van der Waals surface area contributed by atoms with Crippen molar-refractivity contribution in [3.05, 3.63) is 0 Å². The topological polar surface area (TPSA) is 106 Å². The Morgan fingerprint density at radius 3 is 2.36 bits per heavy atom. The molecule has 0 aromatic heterocycles. The van der Waals surface area contributed by atoms with Gasteiger partial charge in [-0.2, -0.15) is 0 Å². The van der Waals surface area contributed by atoms with E-state index in [0.717, 1.165) is 12.6 Å². The Morgan fingerprint density at radius 2 is 2.00 bits per heavy atom. The van der Waals surface area contributed by atoms with Crippen molar-refractivity contribution in [2.75, 3.05) is 6.16 Å². The molecule has 0 spiro atoms. The van der Waals surface area contributed by atoms with Crippen LogP contribution in [0, 0.1) is 5.92 Å². The first kappa shape index (κ1) is 13.3. The second-order valence-corrected chi connectivity index (χ2v) is 3.79. The molecule has 82 valence electrons. The molecule has 0 heterocycles. The number of hydrogen-bond acceptors (Lipinski definition) is 3. The van der Waals surface area contributed by atoms with Crippen LogP contribution in [0.5, 0.6) is 0 Å². The second kappa shape index (κ2) is 6.74. The quantitative estimate of drug-likeness (QED) is 0.505. The van der Waals surface area contributed by atoms with Crippen molar-refractivity contribution in [2.24, 2.45) is 17.4 Å². The number of rotatable bonds is 7. The van der Waals surface area contributed by atoms with Gasteiger partial charge in [-0.1, -0.05) is 0 Å². The van der Waals surface area contributed by atoms with Crippen LogP contribution in [0.2, 0.25) is 0 Å². The van der Waals surface area contributed by atoms with Gasteiger partial charge in [-0.15, -0.1) is 9.24 Å². The van der Waals surface area contributed by atoms with Gasteiger partial charge in [-0.25, -0.2) is 0 Å². The lowest BCUT2D eigenvalue weighted by Gasteiger charge is -2.14. The first-order valence-corrected chi connectivity index (χ1v) is 5.28. The molecule has 0 rings (SSSR count). The Balaban J connectivity index is 4.08. The Morgan fingerprint density at radius 1 is 1.43 bits per heavy atom. The third-order valence-corrected chi connectivity index (χ3v) is 2.42. The van der Waals surface area contributed by atoms with E-state index < -0.39 is 23.8 Å². The summed E-state index contributed by atoms with van der Waals surface area (Å²) in [6.07, 6.45) is 2.41. The summed E-state index contributed by atoms with van der Waals surface area (Å²) in [6.45, 7) is 0. The molecular weight excluding hydrogens is 203 g/mol. The summed E-state index contributed by atoms with van der Waals surface area (Å²) < 4.78 is 0. The van der Waals surface area contributed by atoms with Gasteiger partial charge in [-0.05, 0) is 25.4 Å². The minimum absolute atomic E-state index is 0.120. The van der Waals surface area contributed by atoms with Crippen LogP contribution in [-0.4, -0.2) is 29.2 Å². The molecule has 0 aromatic rings. The van der Waals surface area contributed by atoms with Gasteiger partial charge >= 0.3 is 5.97 Å². The monoisotopic (exact) mass is 220 g/mol. The minimum Gasteiger partial charge on any atom is -0.480 e. The summed E-state index contributed by atoms with van der Waals surface area (Å²) in [4.78, 5) is 21.4. The molecule has 5 nitrogen and oxygen atoms in total. The van der Waals surface area contributed by atoms with Gasteiger partial charge in [0.05, 0.1) is 0 Å². The minimum atomic E-state index is -1.10. The number of carboxylic acids is 1. The molecule has 0 aliphatic rings. The Kier molecular flexibility index (Phi) is 6.41. The molecule has 0 aromatic carbocycles. The first-order valence-electron chi connectivity index (χ1n) is 4.46. The van der Waals surface area contributed by atoms with Crippen LogP contribution in [0.4, 0.5) is 0 Å². The summed E-state index contributed by atoms with van der Waals surface area (Å²) in [6, 6.07) is -1.00. The number of carbonyl (C=O) groups is 2. The Hall–Kier alpha value is -0.670. The van der Waals surface area contributed by atoms with Crippen molar-refractivity contribution < 1.29 is 14.7 Å². The molecule has 0 saturated heterocycles. The molecule has 0 aliphatic carbocycles. The molecule has 0 aliphatic heterocycles. The lowest BCUT2D eigenvalue weighted by molar-refractivity contribution is -0.139. The van der Waals surface area contributed by atoms with Gasteiger partial charge in [0, 0.05) is 5.92 Å². The SMILES string of the molecule is NC(=O)C(CCCP)CC(N)C(=O)O. The van der Waals surface area contributed by atoms with Crippen molar-refractivity contribution in [3.63, 3.8) is 0 Å². The Bertz CT molecular complexity index is 211. The van der Waals surface area contributed by atoms with E-state index in [1.807, 2.05) is 0 Å². The van der Waals surface area contributed by atoms with Gasteiger partial charge < -0.3 is 16.6 Å². The molecule has 3 atom stereocenters. The van der Waals surface area contributed by atoms with Crippen molar-refractivity contribution in [1.82, 2.24) is 0 Å². The normalized spacial score (nSPS) is 14.7. The summed E-state index contributed by atoms with van der Waals surface area (Å²) in [5.41, 5.74) is 10.4.